The monoisotopic (exact) mass is 419 g/mol. The molecule has 2 aromatic carbocycles. The second-order valence-corrected chi connectivity index (χ2v) is 6.63. The van der Waals surface area contributed by atoms with E-state index in [4.69, 9.17) is 12.2 Å². The van der Waals surface area contributed by atoms with Crippen LogP contribution in [0.4, 0.5) is 18.9 Å². The van der Waals surface area contributed by atoms with Crippen molar-refractivity contribution >= 4 is 24.1 Å². The number of nitrogens with zero attached hydrogens (tertiary/aromatic N) is 4. The van der Waals surface area contributed by atoms with Crippen molar-refractivity contribution in [3.05, 3.63) is 64.4 Å². The summed E-state index contributed by atoms with van der Waals surface area (Å²) in [5, 5.41) is 11.2. The molecule has 1 N–H and O–H groups in total. The Kier molecular flexibility index (Phi) is 6.17. The molecule has 0 saturated carbocycles. The summed E-state index contributed by atoms with van der Waals surface area (Å²) in [6, 6.07) is 12.6. The molecule has 1 heterocycles. The molecule has 0 aliphatic rings. The lowest BCUT2D eigenvalue weighted by Gasteiger charge is -2.20. The van der Waals surface area contributed by atoms with E-state index in [1.807, 2.05) is 24.3 Å². The Morgan fingerprint density at radius 1 is 1.07 bits per heavy atom. The molecule has 0 aliphatic heterocycles. The van der Waals surface area contributed by atoms with Crippen molar-refractivity contribution in [1.29, 1.82) is 0 Å². The minimum atomic E-state index is -4.37. The molecular weight excluding hydrogens is 399 g/mol. The third-order valence-corrected chi connectivity index (χ3v) is 4.73. The largest absolute Gasteiger partial charge is 0.416 e. The number of aromatic amines is 1. The van der Waals surface area contributed by atoms with E-state index in [2.05, 4.69) is 34.0 Å². The summed E-state index contributed by atoms with van der Waals surface area (Å²) in [6.45, 7) is 6.01. The second kappa shape index (κ2) is 8.60. The zero-order valence-electron chi connectivity index (χ0n) is 15.9. The first-order valence-electron chi connectivity index (χ1n) is 9.08. The van der Waals surface area contributed by atoms with Crippen LogP contribution in [-0.2, 0) is 6.18 Å². The second-order valence-electron chi connectivity index (χ2n) is 6.25. The zero-order valence-corrected chi connectivity index (χ0v) is 16.8. The van der Waals surface area contributed by atoms with Gasteiger partial charge in [-0.3, -0.25) is 0 Å². The third kappa shape index (κ3) is 4.73. The molecule has 0 bridgehead atoms. The van der Waals surface area contributed by atoms with Crippen molar-refractivity contribution in [1.82, 2.24) is 14.9 Å². The van der Waals surface area contributed by atoms with Crippen LogP contribution in [-0.4, -0.2) is 34.2 Å². The van der Waals surface area contributed by atoms with Crippen molar-refractivity contribution < 1.29 is 13.2 Å². The average molecular weight is 419 g/mol. The highest BCUT2D eigenvalue weighted by molar-refractivity contribution is 7.71. The Balaban J connectivity index is 1.86. The van der Waals surface area contributed by atoms with Gasteiger partial charge in [0.1, 0.15) is 0 Å². The summed E-state index contributed by atoms with van der Waals surface area (Å²) < 4.78 is 39.8. The average Bonchev–Trinajstić information content (AvgIpc) is 3.08. The normalized spacial score (nSPS) is 11.9. The van der Waals surface area contributed by atoms with Crippen LogP contribution in [0.3, 0.4) is 0 Å². The van der Waals surface area contributed by atoms with E-state index >= 15 is 0 Å². The van der Waals surface area contributed by atoms with Crippen LogP contribution in [0.1, 0.15) is 25.0 Å². The maximum atomic E-state index is 12.7. The van der Waals surface area contributed by atoms with E-state index in [9.17, 15) is 13.2 Å². The van der Waals surface area contributed by atoms with Crippen LogP contribution < -0.4 is 4.90 Å². The van der Waals surface area contributed by atoms with Crippen molar-refractivity contribution in [2.24, 2.45) is 5.10 Å². The Bertz CT molecular complexity index is 1030. The molecule has 9 heteroatoms. The van der Waals surface area contributed by atoms with Gasteiger partial charge in [-0.05, 0) is 68.0 Å². The maximum Gasteiger partial charge on any atom is 0.416 e. The molecule has 3 rings (SSSR count). The van der Waals surface area contributed by atoms with E-state index in [0.717, 1.165) is 36.5 Å². The molecule has 0 fully saturated rings. The predicted octanol–water partition coefficient (Wildman–Crippen LogP) is 5.35. The first-order chi connectivity index (χ1) is 13.8. The fourth-order valence-electron chi connectivity index (χ4n) is 2.88. The highest BCUT2D eigenvalue weighted by atomic mass is 32.1. The number of H-pyrrole nitrogens is 1. The maximum absolute atomic E-state index is 12.7. The van der Waals surface area contributed by atoms with Gasteiger partial charge in [-0.25, -0.2) is 5.10 Å². The molecular formula is C20H20F3N5S. The minimum absolute atomic E-state index is 0.288. The van der Waals surface area contributed by atoms with E-state index < -0.39 is 11.7 Å². The first-order valence-corrected chi connectivity index (χ1v) is 9.48. The summed E-state index contributed by atoms with van der Waals surface area (Å²) in [7, 11) is 0. The van der Waals surface area contributed by atoms with Crippen LogP contribution in [0, 0.1) is 4.77 Å². The smallest absolute Gasteiger partial charge is 0.372 e. The molecule has 0 aliphatic carbocycles. The summed E-state index contributed by atoms with van der Waals surface area (Å²) in [5.74, 6) is 0.518. The van der Waals surface area contributed by atoms with Crippen molar-refractivity contribution in [2.75, 3.05) is 18.0 Å². The quantitative estimate of drug-likeness (QED) is 0.433. The summed E-state index contributed by atoms with van der Waals surface area (Å²) in [4.78, 5) is 2.23. The number of aromatic nitrogens is 3. The van der Waals surface area contributed by atoms with Crippen LogP contribution in [0.15, 0.2) is 53.6 Å². The van der Waals surface area contributed by atoms with Gasteiger partial charge < -0.3 is 4.90 Å². The van der Waals surface area contributed by atoms with Gasteiger partial charge in [0.25, 0.3) is 0 Å². The molecule has 0 atom stereocenters. The highest BCUT2D eigenvalue weighted by Gasteiger charge is 2.29. The minimum Gasteiger partial charge on any atom is -0.372 e. The fourth-order valence-corrected chi connectivity index (χ4v) is 3.06. The number of hydrogen-bond acceptors (Lipinski definition) is 4. The molecule has 0 amide bonds. The third-order valence-electron chi connectivity index (χ3n) is 4.46. The molecule has 0 unspecified atom stereocenters. The lowest BCUT2D eigenvalue weighted by Crippen LogP contribution is -2.21. The molecule has 29 heavy (non-hydrogen) atoms. The molecule has 0 saturated heterocycles. The van der Waals surface area contributed by atoms with E-state index in [1.54, 1.807) is 0 Å². The number of hydrogen-bond donors (Lipinski definition) is 1. The van der Waals surface area contributed by atoms with E-state index in [1.165, 1.54) is 23.0 Å². The summed E-state index contributed by atoms with van der Waals surface area (Å²) in [6.07, 6.45) is -2.92. The van der Waals surface area contributed by atoms with Gasteiger partial charge in [0.15, 0.2) is 5.82 Å². The van der Waals surface area contributed by atoms with Gasteiger partial charge in [0.2, 0.25) is 4.77 Å². The molecule has 152 valence electrons. The van der Waals surface area contributed by atoms with Crippen LogP contribution in [0.25, 0.3) is 11.4 Å². The number of anilines is 1. The zero-order chi connectivity index (χ0) is 21.0. The van der Waals surface area contributed by atoms with Gasteiger partial charge in [-0.2, -0.15) is 28.0 Å². The van der Waals surface area contributed by atoms with Gasteiger partial charge in [-0.15, -0.1) is 0 Å². The number of benzene rings is 2. The van der Waals surface area contributed by atoms with Crippen molar-refractivity contribution in [3.8, 4) is 11.4 Å². The Morgan fingerprint density at radius 3 is 2.24 bits per heavy atom. The number of rotatable bonds is 6. The Morgan fingerprint density at radius 2 is 1.69 bits per heavy atom. The van der Waals surface area contributed by atoms with Crippen molar-refractivity contribution in [2.45, 2.75) is 20.0 Å². The van der Waals surface area contributed by atoms with Gasteiger partial charge in [0.05, 0.1) is 11.8 Å². The fraction of sp³-hybridized carbons (Fsp3) is 0.250. The number of halogens is 3. The van der Waals surface area contributed by atoms with Crippen LogP contribution >= 0.6 is 12.2 Å². The number of alkyl halides is 3. The van der Waals surface area contributed by atoms with Crippen molar-refractivity contribution in [3.63, 3.8) is 0 Å². The SMILES string of the molecule is CCN(CC)c1ccc(-c2n[nH]c(=S)n2N=Cc2ccc(C(F)(F)F)cc2)cc1. The van der Waals surface area contributed by atoms with Gasteiger partial charge in [0, 0.05) is 24.3 Å². The predicted molar refractivity (Wildman–Crippen MR) is 111 cm³/mol. The first kappa shape index (κ1) is 20.8. The number of nitrogens with one attached hydrogen (secondary N) is 1. The summed E-state index contributed by atoms with van der Waals surface area (Å²) >= 11 is 5.24. The lowest BCUT2D eigenvalue weighted by molar-refractivity contribution is -0.137. The summed E-state index contributed by atoms with van der Waals surface area (Å²) in [5.41, 5.74) is 1.73. The van der Waals surface area contributed by atoms with Gasteiger partial charge >= 0.3 is 6.18 Å². The Hall–Kier alpha value is -2.94. The topological polar surface area (TPSA) is 49.2 Å². The van der Waals surface area contributed by atoms with E-state index in [-0.39, 0.29) is 4.77 Å². The molecule has 3 aromatic rings. The lowest BCUT2D eigenvalue weighted by atomic mass is 10.1. The van der Waals surface area contributed by atoms with Gasteiger partial charge in [-0.1, -0.05) is 12.1 Å². The molecule has 0 spiro atoms. The van der Waals surface area contributed by atoms with E-state index in [0.29, 0.717) is 11.4 Å². The van der Waals surface area contributed by atoms with Crippen LogP contribution in [0.5, 0.6) is 0 Å². The highest BCUT2D eigenvalue weighted by Crippen LogP contribution is 2.29. The molecule has 5 nitrogen and oxygen atoms in total. The van der Waals surface area contributed by atoms with Crippen LogP contribution in [0.2, 0.25) is 0 Å². The molecule has 0 radical (unpaired) electrons. The Labute approximate surface area is 171 Å². The molecule has 1 aromatic heterocycles. The standard InChI is InChI=1S/C20H20F3N5S/c1-3-27(4-2)17-11-7-15(8-12-17)18-25-26-19(29)28(18)24-13-14-5-9-16(10-6-14)20(21,22)23/h5-13H,3-4H2,1-2H3,(H,26,29).